The van der Waals surface area contributed by atoms with E-state index in [4.69, 9.17) is 16.7 Å². The maximum Gasteiger partial charge on any atom is 0.307 e. The van der Waals surface area contributed by atoms with E-state index in [0.29, 0.717) is 17.9 Å². The number of rotatable bonds is 1. The van der Waals surface area contributed by atoms with Gasteiger partial charge in [0.05, 0.1) is 5.92 Å². The predicted octanol–water partition coefficient (Wildman–Crippen LogP) is 2.62. The van der Waals surface area contributed by atoms with E-state index in [-0.39, 0.29) is 5.92 Å². The number of carboxylic acids is 1. The molecule has 1 aromatic carbocycles. The van der Waals surface area contributed by atoms with Crippen molar-refractivity contribution >= 4 is 28.5 Å². The van der Waals surface area contributed by atoms with Gasteiger partial charge in [-0.15, -0.1) is 0 Å². The highest BCUT2D eigenvalue weighted by atomic mass is 35.5. The second-order valence-corrected chi connectivity index (χ2v) is 4.65. The average Bonchev–Trinajstić information content (AvgIpc) is 2.75. The van der Waals surface area contributed by atoms with Crippen LogP contribution in [-0.4, -0.2) is 16.1 Å². The van der Waals surface area contributed by atoms with E-state index < -0.39 is 5.97 Å². The Bertz CT molecular complexity index is 588. The lowest BCUT2D eigenvalue weighted by Gasteiger charge is -2.01. The third-order valence-electron chi connectivity index (χ3n) is 3.21. The minimum atomic E-state index is -0.722. The zero-order valence-electron chi connectivity index (χ0n) is 8.46. The summed E-state index contributed by atoms with van der Waals surface area (Å²) in [4.78, 5) is 14.2. The minimum absolute atomic E-state index is 0.287. The van der Waals surface area contributed by atoms with Gasteiger partial charge in [0.2, 0.25) is 0 Å². The highest BCUT2D eigenvalue weighted by Gasteiger charge is 2.30. The fraction of sp³-hybridized carbons (Fsp3) is 0.250. The van der Waals surface area contributed by atoms with E-state index in [2.05, 4.69) is 4.98 Å². The largest absolute Gasteiger partial charge is 0.481 e. The summed E-state index contributed by atoms with van der Waals surface area (Å²) in [7, 11) is 0. The van der Waals surface area contributed by atoms with Crippen molar-refractivity contribution in [3.63, 3.8) is 0 Å². The third kappa shape index (κ3) is 1.32. The number of fused-ring (bicyclic) bond motifs is 3. The van der Waals surface area contributed by atoms with Gasteiger partial charge in [0.25, 0.3) is 0 Å². The monoisotopic (exact) mass is 235 g/mol. The topological polar surface area (TPSA) is 53.1 Å². The van der Waals surface area contributed by atoms with Gasteiger partial charge in [-0.2, -0.15) is 0 Å². The van der Waals surface area contributed by atoms with E-state index in [1.165, 1.54) is 0 Å². The standard InChI is InChI=1S/C12H10ClNO2/c13-7-1-2-10-9(5-7)8-3-6(12(15)16)4-11(8)14-10/h1-2,5-6,14H,3-4H2,(H,15,16). The Morgan fingerprint density at radius 2 is 2.25 bits per heavy atom. The molecule has 0 fully saturated rings. The molecule has 82 valence electrons. The first-order valence-corrected chi connectivity index (χ1v) is 5.54. The highest BCUT2D eigenvalue weighted by molar-refractivity contribution is 6.31. The van der Waals surface area contributed by atoms with Crippen LogP contribution in [0.25, 0.3) is 10.9 Å². The van der Waals surface area contributed by atoms with Gasteiger partial charge in [-0.3, -0.25) is 4.79 Å². The summed E-state index contributed by atoms with van der Waals surface area (Å²) < 4.78 is 0. The number of nitrogens with one attached hydrogen (secondary N) is 1. The predicted molar refractivity (Wildman–Crippen MR) is 61.8 cm³/mol. The SMILES string of the molecule is O=C(O)C1Cc2[nH]c3ccc(Cl)cc3c2C1. The van der Waals surface area contributed by atoms with Crippen LogP contribution in [0.3, 0.4) is 0 Å². The summed E-state index contributed by atoms with van der Waals surface area (Å²) in [6.07, 6.45) is 1.20. The molecule has 1 unspecified atom stereocenters. The third-order valence-corrected chi connectivity index (χ3v) is 3.44. The molecule has 0 saturated heterocycles. The minimum Gasteiger partial charge on any atom is -0.481 e. The van der Waals surface area contributed by atoms with Crippen molar-refractivity contribution in [2.24, 2.45) is 5.92 Å². The fourth-order valence-electron chi connectivity index (χ4n) is 2.42. The lowest BCUT2D eigenvalue weighted by Crippen LogP contribution is -2.13. The van der Waals surface area contributed by atoms with Crippen LogP contribution in [0, 0.1) is 5.92 Å². The zero-order chi connectivity index (χ0) is 11.3. The van der Waals surface area contributed by atoms with Gasteiger partial charge < -0.3 is 10.1 Å². The molecule has 2 aromatic rings. The molecule has 0 saturated carbocycles. The quantitative estimate of drug-likeness (QED) is 0.798. The van der Waals surface area contributed by atoms with E-state index in [1.54, 1.807) is 0 Å². The van der Waals surface area contributed by atoms with Crippen LogP contribution in [0.2, 0.25) is 5.02 Å². The maximum atomic E-state index is 10.9. The van der Waals surface area contributed by atoms with Crippen molar-refractivity contribution < 1.29 is 9.90 Å². The van der Waals surface area contributed by atoms with Crippen LogP contribution >= 0.6 is 11.6 Å². The number of aromatic amines is 1. The van der Waals surface area contributed by atoms with Crippen LogP contribution in [0.15, 0.2) is 18.2 Å². The van der Waals surface area contributed by atoms with Gasteiger partial charge in [0.1, 0.15) is 0 Å². The molecule has 1 atom stereocenters. The molecule has 1 aromatic heterocycles. The van der Waals surface area contributed by atoms with E-state index >= 15 is 0 Å². The van der Waals surface area contributed by atoms with Crippen LogP contribution in [0.1, 0.15) is 11.3 Å². The van der Waals surface area contributed by atoms with Gasteiger partial charge in [-0.25, -0.2) is 0 Å². The van der Waals surface area contributed by atoms with Crippen molar-refractivity contribution in [2.45, 2.75) is 12.8 Å². The lowest BCUT2D eigenvalue weighted by molar-refractivity contribution is -0.141. The average molecular weight is 236 g/mol. The number of hydrogen-bond donors (Lipinski definition) is 2. The molecule has 1 aliphatic carbocycles. The van der Waals surface area contributed by atoms with Gasteiger partial charge in [0.15, 0.2) is 0 Å². The van der Waals surface area contributed by atoms with Crippen molar-refractivity contribution in [1.29, 1.82) is 0 Å². The summed E-state index contributed by atoms with van der Waals surface area (Å²) >= 11 is 5.95. The number of aromatic nitrogens is 1. The summed E-state index contributed by atoms with van der Waals surface area (Å²) in [5.74, 6) is -1.01. The first-order valence-electron chi connectivity index (χ1n) is 5.17. The molecule has 0 radical (unpaired) electrons. The number of carbonyl (C=O) groups is 1. The molecule has 3 nitrogen and oxygen atoms in total. The molecule has 0 aliphatic heterocycles. The van der Waals surface area contributed by atoms with Crippen LogP contribution < -0.4 is 0 Å². The Labute approximate surface area is 97.0 Å². The van der Waals surface area contributed by atoms with Gasteiger partial charge in [-0.05, 0) is 30.2 Å². The maximum absolute atomic E-state index is 10.9. The van der Waals surface area contributed by atoms with E-state index in [1.807, 2.05) is 18.2 Å². The first-order chi connectivity index (χ1) is 7.65. The molecule has 1 aliphatic rings. The first kappa shape index (κ1) is 9.73. The number of benzene rings is 1. The fourth-order valence-corrected chi connectivity index (χ4v) is 2.59. The number of carboxylic acid groups (broad SMARTS) is 1. The van der Waals surface area contributed by atoms with Crippen LogP contribution in [0.5, 0.6) is 0 Å². The highest BCUT2D eigenvalue weighted by Crippen LogP contribution is 2.34. The number of hydrogen-bond acceptors (Lipinski definition) is 1. The number of halogens is 1. The summed E-state index contributed by atoms with van der Waals surface area (Å²) in [6, 6.07) is 5.67. The molecule has 3 rings (SSSR count). The molecule has 4 heteroatoms. The van der Waals surface area contributed by atoms with Crippen molar-refractivity contribution in [1.82, 2.24) is 4.98 Å². The second kappa shape index (κ2) is 3.25. The Kier molecular flexibility index (Phi) is 1.98. The summed E-state index contributed by atoms with van der Waals surface area (Å²) in [5.41, 5.74) is 3.20. The molecule has 1 heterocycles. The molecule has 0 spiro atoms. The summed E-state index contributed by atoms with van der Waals surface area (Å²) in [6.45, 7) is 0. The van der Waals surface area contributed by atoms with Crippen molar-refractivity contribution in [3.05, 3.63) is 34.5 Å². The molecule has 2 N–H and O–H groups in total. The summed E-state index contributed by atoms with van der Waals surface area (Å²) in [5, 5.41) is 10.7. The van der Waals surface area contributed by atoms with Gasteiger partial charge >= 0.3 is 5.97 Å². The molecule has 16 heavy (non-hydrogen) atoms. The van der Waals surface area contributed by atoms with Gasteiger partial charge in [-0.1, -0.05) is 11.6 Å². The molecule has 0 amide bonds. The number of aliphatic carboxylic acids is 1. The van der Waals surface area contributed by atoms with Crippen LogP contribution in [0.4, 0.5) is 0 Å². The van der Waals surface area contributed by atoms with Crippen LogP contribution in [-0.2, 0) is 17.6 Å². The number of H-pyrrole nitrogens is 1. The molecular weight excluding hydrogens is 226 g/mol. The normalized spacial score (nSPS) is 18.9. The Hall–Kier alpha value is -1.48. The van der Waals surface area contributed by atoms with E-state index in [0.717, 1.165) is 22.2 Å². The smallest absolute Gasteiger partial charge is 0.307 e. The Morgan fingerprint density at radius 3 is 3.00 bits per heavy atom. The van der Waals surface area contributed by atoms with Crippen molar-refractivity contribution in [3.8, 4) is 0 Å². The van der Waals surface area contributed by atoms with Gasteiger partial charge in [0, 0.05) is 28.0 Å². The Balaban J connectivity index is 2.13. The lowest BCUT2D eigenvalue weighted by atomic mass is 10.1. The van der Waals surface area contributed by atoms with Crippen molar-refractivity contribution in [2.75, 3.05) is 0 Å². The molecular formula is C12H10ClNO2. The second-order valence-electron chi connectivity index (χ2n) is 4.22. The van der Waals surface area contributed by atoms with E-state index in [9.17, 15) is 4.79 Å². The zero-order valence-corrected chi connectivity index (χ0v) is 9.21. The molecule has 0 bridgehead atoms. The Morgan fingerprint density at radius 1 is 1.44 bits per heavy atom.